The van der Waals surface area contributed by atoms with Crippen LogP contribution in [0.3, 0.4) is 0 Å². The number of methoxy groups -OCH3 is 4. The molecule has 0 saturated heterocycles. The normalized spacial score (nSPS) is 27.1. The molecule has 2 aliphatic rings. The fourth-order valence-electron chi connectivity index (χ4n) is 3.60. The Morgan fingerprint density at radius 2 is 0.962 bits per heavy atom. The van der Waals surface area contributed by atoms with Crippen molar-refractivity contribution in [2.45, 2.75) is 0 Å². The second-order valence-electron chi connectivity index (χ2n) is 5.63. The molecule has 2 rings (SSSR count). The summed E-state index contributed by atoms with van der Waals surface area (Å²) in [4.78, 5) is 48.7. The van der Waals surface area contributed by atoms with E-state index in [4.69, 9.17) is 0 Å². The molecule has 142 valence electrons. The molecule has 2 N–H and O–H groups in total. The van der Waals surface area contributed by atoms with Crippen molar-refractivity contribution in [3.8, 4) is 0 Å². The number of carbonyl (C=O) groups is 4. The zero-order valence-corrected chi connectivity index (χ0v) is 14.5. The number of esters is 4. The Labute approximate surface area is 148 Å². The molecule has 0 aliphatic heterocycles. The number of hydrogen-bond acceptors (Lipinski definition) is 10. The van der Waals surface area contributed by atoms with Crippen molar-refractivity contribution in [1.29, 1.82) is 0 Å². The van der Waals surface area contributed by atoms with Crippen molar-refractivity contribution in [3.05, 3.63) is 22.7 Å². The van der Waals surface area contributed by atoms with Crippen molar-refractivity contribution in [2.75, 3.05) is 28.4 Å². The quantitative estimate of drug-likeness (QED) is 0.503. The van der Waals surface area contributed by atoms with Gasteiger partial charge in [-0.15, -0.1) is 0 Å². The van der Waals surface area contributed by atoms with Gasteiger partial charge in [0.2, 0.25) is 0 Å². The minimum atomic E-state index is -1.50. The van der Waals surface area contributed by atoms with Gasteiger partial charge in [-0.25, -0.2) is 9.59 Å². The van der Waals surface area contributed by atoms with E-state index in [9.17, 15) is 29.4 Å². The molecule has 0 aromatic carbocycles. The van der Waals surface area contributed by atoms with E-state index in [1.807, 2.05) is 0 Å². The maximum atomic E-state index is 12.2. The Balaban J connectivity index is 2.74. The molecule has 0 bridgehead atoms. The summed E-state index contributed by atoms with van der Waals surface area (Å²) in [6.07, 6.45) is 0. The van der Waals surface area contributed by atoms with Crippen LogP contribution in [-0.4, -0.2) is 62.5 Å². The van der Waals surface area contributed by atoms with E-state index >= 15 is 0 Å². The lowest BCUT2D eigenvalue weighted by Crippen LogP contribution is -2.32. The summed E-state index contributed by atoms with van der Waals surface area (Å²) >= 11 is 0. The molecule has 0 spiro atoms. The highest BCUT2D eigenvalue weighted by Crippen LogP contribution is 2.56. The second-order valence-corrected chi connectivity index (χ2v) is 5.63. The van der Waals surface area contributed by atoms with Crippen LogP contribution in [0.4, 0.5) is 0 Å². The monoisotopic (exact) mass is 370 g/mol. The average Bonchev–Trinajstić information content (AvgIpc) is 3.08. The van der Waals surface area contributed by atoms with Crippen LogP contribution in [0.1, 0.15) is 0 Å². The van der Waals surface area contributed by atoms with E-state index in [0.717, 1.165) is 28.4 Å². The Morgan fingerprint density at radius 3 is 1.19 bits per heavy atom. The molecule has 2 unspecified atom stereocenters. The van der Waals surface area contributed by atoms with Crippen molar-refractivity contribution >= 4 is 23.9 Å². The summed E-state index contributed by atoms with van der Waals surface area (Å²) in [6, 6.07) is 0. The van der Waals surface area contributed by atoms with E-state index in [1.54, 1.807) is 0 Å². The maximum absolute atomic E-state index is 12.2. The number of rotatable bonds is 4. The lowest BCUT2D eigenvalue weighted by molar-refractivity contribution is -0.150. The summed E-state index contributed by atoms with van der Waals surface area (Å²) in [5.41, 5.74) is -0.817. The van der Waals surface area contributed by atoms with Gasteiger partial charge in [-0.3, -0.25) is 9.59 Å². The van der Waals surface area contributed by atoms with Gasteiger partial charge in [-0.1, -0.05) is 0 Å². The highest BCUT2D eigenvalue weighted by molar-refractivity contribution is 6.00. The number of carbonyl (C=O) groups excluding carboxylic acids is 4. The van der Waals surface area contributed by atoms with E-state index < -0.39 is 70.2 Å². The third-order valence-corrected chi connectivity index (χ3v) is 4.63. The number of ether oxygens (including phenoxy) is 4. The van der Waals surface area contributed by atoms with E-state index in [-0.39, 0.29) is 0 Å². The van der Waals surface area contributed by atoms with Gasteiger partial charge in [0.05, 0.1) is 39.6 Å². The summed E-state index contributed by atoms with van der Waals surface area (Å²) in [5.74, 6) is -10.8. The van der Waals surface area contributed by atoms with Gasteiger partial charge in [0.25, 0.3) is 0 Å². The zero-order valence-electron chi connectivity index (χ0n) is 14.5. The Bertz CT molecular complexity index is 669. The van der Waals surface area contributed by atoms with Gasteiger partial charge in [0, 0.05) is 11.8 Å². The minimum absolute atomic E-state index is 0.409. The van der Waals surface area contributed by atoms with Crippen LogP contribution in [0, 0.1) is 23.7 Å². The molecule has 0 aromatic rings. The SMILES string of the molecule is COC(=O)C1=C(O)C(C(=O)OC)[C@H]2C(C(=O)OC)=C(O)C(C(=O)OC)[C@@H]12. The van der Waals surface area contributed by atoms with Gasteiger partial charge in [-0.05, 0) is 0 Å². The molecule has 10 heteroatoms. The Hall–Kier alpha value is -3.04. The fraction of sp³-hybridized carbons (Fsp3) is 0.500. The van der Waals surface area contributed by atoms with Gasteiger partial charge in [0.1, 0.15) is 23.4 Å². The summed E-state index contributed by atoms with van der Waals surface area (Å²) < 4.78 is 18.5. The van der Waals surface area contributed by atoms with Crippen LogP contribution in [0.25, 0.3) is 0 Å². The molecule has 2 aliphatic carbocycles. The third kappa shape index (κ3) is 2.57. The van der Waals surface area contributed by atoms with Crippen molar-refractivity contribution in [2.24, 2.45) is 23.7 Å². The molecule has 0 amide bonds. The predicted octanol–water partition coefficient (Wildman–Crippen LogP) is -0.205. The summed E-state index contributed by atoms with van der Waals surface area (Å²) in [7, 11) is 4.18. The maximum Gasteiger partial charge on any atom is 0.337 e. The molecule has 0 fully saturated rings. The molecule has 26 heavy (non-hydrogen) atoms. The lowest BCUT2D eigenvalue weighted by atomic mass is 9.81. The standard InChI is InChI=1S/C16H18O10/c1-23-13(19)7-5-6(9(11(7)17)15(21)25-3)10(16(22)26-4)12(18)8(5)14(20)24-2/h5-7,10,17-18H,1-4H3/t5-,6+,7?,10?/m0/s1. The average molecular weight is 370 g/mol. The first-order chi connectivity index (χ1) is 12.3. The van der Waals surface area contributed by atoms with Crippen LogP contribution in [0.5, 0.6) is 0 Å². The molecule has 0 heterocycles. The van der Waals surface area contributed by atoms with Crippen LogP contribution in [-0.2, 0) is 38.1 Å². The first-order valence-electron chi connectivity index (χ1n) is 7.45. The fourth-order valence-corrected chi connectivity index (χ4v) is 3.60. The summed E-state index contributed by atoms with van der Waals surface area (Å²) in [5, 5.41) is 20.9. The van der Waals surface area contributed by atoms with E-state index in [1.165, 1.54) is 0 Å². The largest absolute Gasteiger partial charge is 0.511 e. The van der Waals surface area contributed by atoms with Gasteiger partial charge < -0.3 is 29.2 Å². The molecule has 0 aromatic heterocycles. The number of aliphatic hydroxyl groups is 2. The van der Waals surface area contributed by atoms with Crippen LogP contribution in [0.2, 0.25) is 0 Å². The first kappa shape index (κ1) is 19.3. The molecule has 0 saturated carbocycles. The molecular formula is C16H18O10. The van der Waals surface area contributed by atoms with Crippen molar-refractivity contribution < 1.29 is 48.3 Å². The number of fused-ring (bicyclic) bond motifs is 1. The third-order valence-electron chi connectivity index (χ3n) is 4.63. The minimum Gasteiger partial charge on any atom is -0.511 e. The number of hydrogen-bond donors (Lipinski definition) is 2. The lowest BCUT2D eigenvalue weighted by Gasteiger charge is -2.21. The van der Waals surface area contributed by atoms with E-state index in [2.05, 4.69) is 18.9 Å². The van der Waals surface area contributed by atoms with Gasteiger partial charge >= 0.3 is 23.9 Å². The van der Waals surface area contributed by atoms with Crippen molar-refractivity contribution in [3.63, 3.8) is 0 Å². The smallest absolute Gasteiger partial charge is 0.337 e. The summed E-state index contributed by atoms with van der Waals surface area (Å²) in [6.45, 7) is 0. The topological polar surface area (TPSA) is 146 Å². The second kappa shape index (κ2) is 7.06. The molecule has 10 nitrogen and oxygen atoms in total. The molecular weight excluding hydrogens is 352 g/mol. The molecule has 4 atom stereocenters. The van der Waals surface area contributed by atoms with Crippen LogP contribution >= 0.6 is 0 Å². The predicted molar refractivity (Wildman–Crippen MR) is 81.3 cm³/mol. The highest BCUT2D eigenvalue weighted by atomic mass is 16.5. The van der Waals surface area contributed by atoms with E-state index in [0.29, 0.717) is 0 Å². The van der Waals surface area contributed by atoms with Gasteiger partial charge in [0.15, 0.2) is 0 Å². The highest BCUT2D eigenvalue weighted by Gasteiger charge is 2.63. The van der Waals surface area contributed by atoms with Crippen LogP contribution in [0.15, 0.2) is 22.7 Å². The van der Waals surface area contributed by atoms with Crippen molar-refractivity contribution in [1.82, 2.24) is 0 Å². The molecule has 0 radical (unpaired) electrons. The van der Waals surface area contributed by atoms with Gasteiger partial charge in [-0.2, -0.15) is 0 Å². The van der Waals surface area contributed by atoms with Crippen LogP contribution < -0.4 is 0 Å². The number of aliphatic hydroxyl groups excluding tert-OH is 2. The Kier molecular flexibility index (Phi) is 5.24. The first-order valence-corrected chi connectivity index (χ1v) is 7.45. The zero-order chi connectivity index (χ0) is 19.8. The Morgan fingerprint density at radius 1 is 0.654 bits per heavy atom.